The van der Waals surface area contributed by atoms with Crippen molar-refractivity contribution in [2.75, 3.05) is 24.7 Å². The second-order valence-corrected chi connectivity index (χ2v) is 6.67. The molecule has 0 saturated carbocycles. The zero-order valence-corrected chi connectivity index (χ0v) is 9.44. The van der Waals surface area contributed by atoms with E-state index < -0.39 is 33.2 Å². The number of ether oxygens (including phenoxy) is 1. The van der Waals surface area contributed by atoms with Crippen LogP contribution in [0.4, 0.5) is 0 Å². The van der Waals surface area contributed by atoms with Gasteiger partial charge in [0.25, 0.3) is 0 Å². The number of hydrogen-bond donors (Lipinski definition) is 2. The fourth-order valence-electron chi connectivity index (χ4n) is 2.56. The number of carboxylic acids is 1. The Bertz CT molecular complexity index is 394. The zero-order valence-electron chi connectivity index (χ0n) is 8.63. The van der Waals surface area contributed by atoms with Crippen LogP contribution in [-0.2, 0) is 19.4 Å². The van der Waals surface area contributed by atoms with E-state index in [0.717, 1.165) is 0 Å². The van der Waals surface area contributed by atoms with Crippen molar-refractivity contribution in [3.8, 4) is 0 Å². The summed E-state index contributed by atoms with van der Waals surface area (Å²) in [6.07, 6.45) is -0.831. The predicted molar refractivity (Wildman–Crippen MR) is 53.7 cm³/mol. The molecule has 0 aromatic rings. The second kappa shape index (κ2) is 3.68. The average Bonchev–Trinajstić information content (AvgIpc) is 2.70. The van der Waals surface area contributed by atoms with Crippen LogP contribution in [0.1, 0.15) is 6.42 Å². The molecule has 2 fully saturated rings. The lowest BCUT2D eigenvalue weighted by atomic mass is 9.73. The Hall–Kier alpha value is -0.660. The van der Waals surface area contributed by atoms with E-state index in [-0.39, 0.29) is 24.5 Å². The quantitative estimate of drug-likeness (QED) is 0.644. The van der Waals surface area contributed by atoms with Crippen LogP contribution in [0.5, 0.6) is 0 Å². The first-order valence-corrected chi connectivity index (χ1v) is 6.89. The fraction of sp³-hybridized carbons (Fsp3) is 0.889. The summed E-state index contributed by atoms with van der Waals surface area (Å²) in [4.78, 5) is 11.3. The summed E-state index contributed by atoms with van der Waals surface area (Å²) in [5.74, 6) is -2.43. The maximum Gasteiger partial charge on any atom is 0.312 e. The number of aliphatic hydroxyl groups is 1. The third-order valence-corrected chi connectivity index (χ3v) is 5.23. The van der Waals surface area contributed by atoms with Gasteiger partial charge in [-0.3, -0.25) is 4.79 Å². The van der Waals surface area contributed by atoms with Crippen molar-refractivity contribution in [1.29, 1.82) is 0 Å². The minimum absolute atomic E-state index is 0.0143. The van der Waals surface area contributed by atoms with E-state index in [1.165, 1.54) is 0 Å². The van der Waals surface area contributed by atoms with Crippen molar-refractivity contribution in [2.24, 2.45) is 11.3 Å². The molecule has 16 heavy (non-hydrogen) atoms. The van der Waals surface area contributed by atoms with Gasteiger partial charge in [0.1, 0.15) is 0 Å². The molecule has 0 radical (unpaired) electrons. The third-order valence-electron chi connectivity index (χ3n) is 3.51. The van der Waals surface area contributed by atoms with Gasteiger partial charge in [-0.15, -0.1) is 0 Å². The lowest BCUT2D eigenvalue weighted by molar-refractivity contribution is -0.154. The third kappa shape index (κ3) is 1.72. The molecule has 2 aliphatic rings. The first-order valence-electron chi connectivity index (χ1n) is 5.07. The highest BCUT2D eigenvalue weighted by molar-refractivity contribution is 7.91. The maximum absolute atomic E-state index is 11.4. The molecule has 2 aliphatic heterocycles. The number of carbonyl (C=O) groups is 1. The van der Waals surface area contributed by atoms with Crippen LogP contribution in [-0.4, -0.2) is 55.4 Å². The van der Waals surface area contributed by atoms with E-state index >= 15 is 0 Å². The number of rotatable bonds is 2. The predicted octanol–water partition coefficient (Wildman–Crippen LogP) is -1.12. The van der Waals surface area contributed by atoms with Crippen LogP contribution >= 0.6 is 0 Å². The first kappa shape index (κ1) is 11.8. The molecule has 3 unspecified atom stereocenters. The summed E-state index contributed by atoms with van der Waals surface area (Å²) in [7, 11) is -3.32. The molecule has 2 N–H and O–H groups in total. The van der Waals surface area contributed by atoms with Gasteiger partial charge in [-0.05, 0) is 6.42 Å². The molecule has 2 rings (SSSR count). The van der Waals surface area contributed by atoms with E-state index in [9.17, 15) is 23.4 Å². The lowest BCUT2D eigenvalue weighted by Crippen LogP contribution is -2.44. The summed E-state index contributed by atoms with van der Waals surface area (Å²) in [5.41, 5.74) is -1.23. The van der Waals surface area contributed by atoms with Crippen molar-refractivity contribution in [3.05, 3.63) is 0 Å². The van der Waals surface area contributed by atoms with Gasteiger partial charge >= 0.3 is 5.97 Å². The number of sulfone groups is 1. The molecule has 3 atom stereocenters. The average molecular weight is 250 g/mol. The zero-order chi connectivity index (χ0) is 12.0. The van der Waals surface area contributed by atoms with Gasteiger partial charge in [0.15, 0.2) is 9.84 Å². The lowest BCUT2D eigenvalue weighted by Gasteiger charge is -2.30. The molecular formula is C9H14O6S. The number of aliphatic hydroxyl groups excluding tert-OH is 1. The maximum atomic E-state index is 11.4. The van der Waals surface area contributed by atoms with Crippen LogP contribution in [0.15, 0.2) is 0 Å². The van der Waals surface area contributed by atoms with Gasteiger partial charge in [-0.2, -0.15) is 0 Å². The van der Waals surface area contributed by atoms with Gasteiger partial charge in [0.05, 0.1) is 29.6 Å². The van der Waals surface area contributed by atoms with Crippen molar-refractivity contribution in [1.82, 2.24) is 0 Å². The minimum atomic E-state index is -3.32. The Kier molecular flexibility index (Phi) is 2.72. The van der Waals surface area contributed by atoms with E-state index in [4.69, 9.17) is 4.74 Å². The van der Waals surface area contributed by atoms with Crippen LogP contribution in [0.2, 0.25) is 0 Å². The molecule has 2 saturated heterocycles. The molecule has 0 bridgehead atoms. The Labute approximate surface area is 93.1 Å². The Morgan fingerprint density at radius 3 is 2.44 bits per heavy atom. The van der Waals surface area contributed by atoms with Gasteiger partial charge in [-0.25, -0.2) is 8.42 Å². The summed E-state index contributed by atoms with van der Waals surface area (Å²) in [6, 6.07) is 0. The van der Waals surface area contributed by atoms with Gasteiger partial charge in [0.2, 0.25) is 0 Å². The molecule has 0 spiro atoms. The second-order valence-electron chi connectivity index (χ2n) is 4.51. The fourth-order valence-corrected chi connectivity index (χ4v) is 4.53. The topological polar surface area (TPSA) is 101 Å². The van der Waals surface area contributed by atoms with Gasteiger partial charge < -0.3 is 14.9 Å². The summed E-state index contributed by atoms with van der Waals surface area (Å²) >= 11 is 0. The number of carboxylic acid groups (broad SMARTS) is 1. The van der Waals surface area contributed by atoms with Crippen LogP contribution in [0.3, 0.4) is 0 Å². The van der Waals surface area contributed by atoms with E-state index in [1.807, 2.05) is 0 Å². The van der Waals surface area contributed by atoms with Crippen molar-refractivity contribution < 1.29 is 28.2 Å². The van der Waals surface area contributed by atoms with Crippen LogP contribution in [0.25, 0.3) is 0 Å². The van der Waals surface area contributed by atoms with Crippen molar-refractivity contribution in [2.45, 2.75) is 12.5 Å². The van der Waals surface area contributed by atoms with Crippen molar-refractivity contribution in [3.63, 3.8) is 0 Å². The molecule has 2 heterocycles. The van der Waals surface area contributed by atoms with Crippen molar-refractivity contribution >= 4 is 15.8 Å². The van der Waals surface area contributed by atoms with Gasteiger partial charge in [0, 0.05) is 12.5 Å². The van der Waals surface area contributed by atoms with E-state index in [2.05, 4.69) is 0 Å². The molecule has 0 aromatic carbocycles. The highest BCUT2D eigenvalue weighted by Gasteiger charge is 2.56. The molecule has 92 valence electrons. The van der Waals surface area contributed by atoms with Gasteiger partial charge in [-0.1, -0.05) is 0 Å². The smallest absolute Gasteiger partial charge is 0.312 e. The molecule has 7 heteroatoms. The Balaban J connectivity index is 2.32. The largest absolute Gasteiger partial charge is 0.481 e. The SMILES string of the molecule is O=C(O)C1(C2CS(=O)(=O)CC2O)CCOC1. The highest BCUT2D eigenvalue weighted by Crippen LogP contribution is 2.42. The molecule has 0 amide bonds. The summed E-state index contributed by atoms with van der Waals surface area (Å²) in [6.45, 7) is 0.287. The standard InChI is InChI=1S/C9H14O6S/c10-7-4-16(13,14)3-6(7)9(8(11)12)1-2-15-5-9/h6-7,10H,1-5H2,(H,11,12). The van der Waals surface area contributed by atoms with E-state index in [1.54, 1.807) is 0 Å². The highest BCUT2D eigenvalue weighted by atomic mass is 32.2. The summed E-state index contributed by atoms with van der Waals surface area (Å²) in [5, 5.41) is 18.9. The monoisotopic (exact) mass is 250 g/mol. The number of hydrogen-bond acceptors (Lipinski definition) is 5. The first-order chi connectivity index (χ1) is 7.37. The van der Waals surface area contributed by atoms with E-state index in [0.29, 0.717) is 6.61 Å². The minimum Gasteiger partial charge on any atom is -0.481 e. The summed E-state index contributed by atoms with van der Waals surface area (Å²) < 4.78 is 27.8. The Morgan fingerprint density at radius 1 is 1.38 bits per heavy atom. The molecule has 0 aromatic heterocycles. The van der Waals surface area contributed by atoms with Crippen LogP contribution in [0, 0.1) is 11.3 Å². The normalized spacial score (nSPS) is 42.3. The van der Waals surface area contributed by atoms with Crippen LogP contribution < -0.4 is 0 Å². The number of aliphatic carboxylic acids is 1. The molecule has 6 nitrogen and oxygen atoms in total. The Morgan fingerprint density at radius 2 is 2.06 bits per heavy atom. The molecular weight excluding hydrogens is 236 g/mol. The molecule has 0 aliphatic carbocycles.